The third-order valence-corrected chi connectivity index (χ3v) is 3.15. The highest BCUT2D eigenvalue weighted by Gasteiger charge is 2.20. The van der Waals surface area contributed by atoms with E-state index in [4.69, 9.17) is 4.74 Å². The topological polar surface area (TPSA) is 50.3 Å². The third-order valence-electron chi connectivity index (χ3n) is 3.15. The summed E-state index contributed by atoms with van der Waals surface area (Å²) in [7, 11) is 3.64. The van der Waals surface area contributed by atoms with E-state index in [0.717, 1.165) is 31.3 Å². The van der Waals surface area contributed by atoms with E-state index in [-0.39, 0.29) is 0 Å². The van der Waals surface area contributed by atoms with Crippen molar-refractivity contribution in [2.75, 3.05) is 44.1 Å². The van der Waals surface area contributed by atoms with E-state index in [0.29, 0.717) is 5.92 Å². The minimum absolute atomic E-state index is 0.613. The maximum atomic E-state index is 5.24. The van der Waals surface area contributed by atoms with Crippen molar-refractivity contribution in [3.63, 3.8) is 0 Å². The fraction of sp³-hybridized carbons (Fsp3) is 0.667. The van der Waals surface area contributed by atoms with Gasteiger partial charge in [0.2, 0.25) is 0 Å². The van der Waals surface area contributed by atoms with Crippen LogP contribution in [0.1, 0.15) is 12.8 Å². The zero-order chi connectivity index (χ0) is 12.1. The molecule has 2 rings (SSSR count). The van der Waals surface area contributed by atoms with Gasteiger partial charge in [0.15, 0.2) is 0 Å². The van der Waals surface area contributed by atoms with Crippen LogP contribution in [-0.2, 0) is 4.74 Å². The van der Waals surface area contributed by atoms with Crippen molar-refractivity contribution in [2.45, 2.75) is 12.8 Å². The van der Waals surface area contributed by atoms with Crippen LogP contribution in [0, 0.1) is 5.92 Å². The number of methoxy groups -OCH3 is 1. The lowest BCUT2D eigenvalue weighted by Gasteiger charge is -2.33. The van der Waals surface area contributed by atoms with Crippen LogP contribution >= 0.6 is 0 Å². The zero-order valence-corrected chi connectivity index (χ0v) is 10.5. The van der Waals surface area contributed by atoms with Crippen molar-refractivity contribution in [1.82, 2.24) is 9.97 Å². The second kappa shape index (κ2) is 5.82. The summed E-state index contributed by atoms with van der Waals surface area (Å²) in [6.45, 7) is 2.93. The van der Waals surface area contributed by atoms with Crippen LogP contribution in [0.4, 0.5) is 11.6 Å². The van der Waals surface area contributed by atoms with Crippen LogP contribution in [0.2, 0.25) is 0 Å². The van der Waals surface area contributed by atoms with E-state index >= 15 is 0 Å². The SMILES string of the molecule is CNc1cc(N2CCCC(COC)C2)ncn1. The second-order valence-corrected chi connectivity index (χ2v) is 4.42. The molecule has 0 amide bonds. The van der Waals surface area contributed by atoms with Crippen LogP contribution < -0.4 is 10.2 Å². The number of hydrogen-bond acceptors (Lipinski definition) is 5. The maximum Gasteiger partial charge on any atom is 0.134 e. The molecule has 1 aliphatic heterocycles. The Bertz CT molecular complexity index is 356. The Morgan fingerprint density at radius 3 is 3.18 bits per heavy atom. The predicted molar refractivity (Wildman–Crippen MR) is 68.4 cm³/mol. The highest BCUT2D eigenvalue weighted by atomic mass is 16.5. The smallest absolute Gasteiger partial charge is 0.134 e. The second-order valence-electron chi connectivity index (χ2n) is 4.42. The average Bonchev–Trinajstić information content (AvgIpc) is 2.40. The van der Waals surface area contributed by atoms with Gasteiger partial charge < -0.3 is 15.0 Å². The summed E-state index contributed by atoms with van der Waals surface area (Å²) in [6, 6.07) is 2.00. The van der Waals surface area contributed by atoms with Crippen LogP contribution in [0.5, 0.6) is 0 Å². The van der Waals surface area contributed by atoms with Crippen LogP contribution in [0.15, 0.2) is 12.4 Å². The Hall–Kier alpha value is -1.36. The molecule has 0 spiro atoms. The van der Waals surface area contributed by atoms with Crippen molar-refractivity contribution >= 4 is 11.6 Å². The van der Waals surface area contributed by atoms with E-state index < -0.39 is 0 Å². The van der Waals surface area contributed by atoms with Crippen molar-refractivity contribution < 1.29 is 4.74 Å². The van der Waals surface area contributed by atoms with Gasteiger partial charge in [-0.25, -0.2) is 9.97 Å². The lowest BCUT2D eigenvalue weighted by atomic mass is 9.99. The number of piperidine rings is 1. The number of aromatic nitrogens is 2. The van der Waals surface area contributed by atoms with Crippen molar-refractivity contribution in [1.29, 1.82) is 0 Å². The molecule has 1 saturated heterocycles. The molecule has 1 atom stereocenters. The van der Waals surface area contributed by atoms with Gasteiger partial charge in [0, 0.05) is 33.3 Å². The lowest BCUT2D eigenvalue weighted by molar-refractivity contribution is 0.143. The van der Waals surface area contributed by atoms with Gasteiger partial charge in [-0.15, -0.1) is 0 Å². The zero-order valence-electron chi connectivity index (χ0n) is 10.5. The van der Waals surface area contributed by atoms with E-state index in [9.17, 15) is 0 Å². The van der Waals surface area contributed by atoms with Gasteiger partial charge in [0.05, 0.1) is 6.61 Å². The Balaban J connectivity index is 2.05. The molecule has 1 fully saturated rings. The quantitative estimate of drug-likeness (QED) is 0.856. The molecule has 1 aromatic heterocycles. The standard InChI is InChI=1S/C12H20N4O/c1-13-11-6-12(15-9-14-11)16-5-3-4-10(7-16)8-17-2/h6,9-10H,3-5,7-8H2,1-2H3,(H,13,14,15). The van der Waals surface area contributed by atoms with E-state index in [1.54, 1.807) is 13.4 Å². The summed E-state index contributed by atoms with van der Waals surface area (Å²) in [5, 5.41) is 3.04. The summed E-state index contributed by atoms with van der Waals surface area (Å²) in [4.78, 5) is 10.8. The summed E-state index contributed by atoms with van der Waals surface area (Å²) >= 11 is 0. The molecule has 94 valence electrons. The molecular weight excluding hydrogens is 216 g/mol. The van der Waals surface area contributed by atoms with Crippen LogP contribution in [0.25, 0.3) is 0 Å². The van der Waals surface area contributed by atoms with E-state index in [1.807, 2.05) is 13.1 Å². The lowest BCUT2D eigenvalue weighted by Crippen LogP contribution is -2.37. The Labute approximate surface area is 102 Å². The average molecular weight is 236 g/mol. The number of nitrogens with zero attached hydrogens (tertiary/aromatic N) is 3. The Kier molecular flexibility index (Phi) is 4.14. The first-order valence-electron chi connectivity index (χ1n) is 6.07. The Morgan fingerprint density at radius 1 is 1.53 bits per heavy atom. The molecule has 0 bridgehead atoms. The molecule has 1 N–H and O–H groups in total. The minimum atomic E-state index is 0.613. The van der Waals surface area contributed by atoms with Crippen LogP contribution in [0.3, 0.4) is 0 Å². The first-order valence-corrected chi connectivity index (χ1v) is 6.07. The molecular formula is C12H20N4O. The number of hydrogen-bond donors (Lipinski definition) is 1. The fourth-order valence-electron chi connectivity index (χ4n) is 2.30. The fourth-order valence-corrected chi connectivity index (χ4v) is 2.30. The molecule has 0 aliphatic carbocycles. The van der Waals surface area contributed by atoms with Gasteiger partial charge in [-0.2, -0.15) is 0 Å². The molecule has 5 nitrogen and oxygen atoms in total. The monoisotopic (exact) mass is 236 g/mol. The minimum Gasteiger partial charge on any atom is -0.384 e. The van der Waals surface area contributed by atoms with Crippen molar-refractivity contribution in [3.05, 3.63) is 12.4 Å². The molecule has 0 saturated carbocycles. The molecule has 1 aromatic rings. The highest BCUT2D eigenvalue weighted by molar-refractivity contribution is 5.48. The van der Waals surface area contributed by atoms with Gasteiger partial charge in [-0.05, 0) is 18.8 Å². The maximum absolute atomic E-state index is 5.24. The molecule has 17 heavy (non-hydrogen) atoms. The van der Waals surface area contributed by atoms with Gasteiger partial charge >= 0.3 is 0 Å². The largest absolute Gasteiger partial charge is 0.384 e. The first kappa shape index (κ1) is 12.1. The molecule has 1 aliphatic rings. The highest BCUT2D eigenvalue weighted by Crippen LogP contribution is 2.22. The van der Waals surface area contributed by atoms with Crippen molar-refractivity contribution in [3.8, 4) is 0 Å². The normalized spacial score (nSPS) is 20.4. The summed E-state index contributed by atoms with van der Waals surface area (Å²) in [5.41, 5.74) is 0. The molecule has 5 heteroatoms. The van der Waals surface area contributed by atoms with E-state index in [1.165, 1.54) is 12.8 Å². The molecule has 1 unspecified atom stereocenters. The number of anilines is 2. The number of nitrogens with one attached hydrogen (secondary N) is 1. The number of rotatable bonds is 4. The molecule has 0 radical (unpaired) electrons. The van der Waals surface area contributed by atoms with Crippen LogP contribution in [-0.4, -0.2) is 43.8 Å². The van der Waals surface area contributed by atoms with Gasteiger partial charge in [0.25, 0.3) is 0 Å². The van der Waals surface area contributed by atoms with Gasteiger partial charge in [-0.3, -0.25) is 0 Å². The first-order chi connectivity index (χ1) is 8.33. The summed E-state index contributed by atoms with van der Waals surface area (Å²) in [5.74, 6) is 2.48. The summed E-state index contributed by atoms with van der Waals surface area (Å²) in [6.07, 6.45) is 4.06. The van der Waals surface area contributed by atoms with Gasteiger partial charge in [-0.1, -0.05) is 0 Å². The predicted octanol–water partition coefficient (Wildman–Crippen LogP) is 1.38. The van der Waals surface area contributed by atoms with Gasteiger partial charge in [0.1, 0.15) is 18.0 Å². The Morgan fingerprint density at radius 2 is 2.41 bits per heavy atom. The summed E-state index contributed by atoms with van der Waals surface area (Å²) < 4.78 is 5.24. The van der Waals surface area contributed by atoms with E-state index in [2.05, 4.69) is 20.2 Å². The molecule has 2 heterocycles. The third kappa shape index (κ3) is 3.06. The molecule has 0 aromatic carbocycles. The number of ether oxygens (including phenoxy) is 1. The van der Waals surface area contributed by atoms with Crippen molar-refractivity contribution in [2.24, 2.45) is 5.92 Å².